The number of benzene rings is 1. The minimum atomic E-state index is -0.102. The highest BCUT2D eigenvalue weighted by molar-refractivity contribution is 5.74. The zero-order valence-corrected chi connectivity index (χ0v) is 13.6. The zero-order valence-electron chi connectivity index (χ0n) is 13.6. The average molecular weight is 306 g/mol. The lowest BCUT2D eigenvalue weighted by Crippen LogP contribution is -2.48. The van der Waals surface area contributed by atoms with Crippen molar-refractivity contribution in [1.82, 2.24) is 10.2 Å². The highest BCUT2D eigenvalue weighted by Gasteiger charge is 2.22. The van der Waals surface area contributed by atoms with Crippen molar-refractivity contribution in [3.63, 3.8) is 0 Å². The molecule has 0 saturated carbocycles. The Balaban J connectivity index is 1.76. The second-order valence-electron chi connectivity index (χ2n) is 5.98. The molecule has 0 aliphatic carbocycles. The molecule has 1 aliphatic heterocycles. The smallest absolute Gasteiger partial charge is 0.317 e. The third-order valence-corrected chi connectivity index (χ3v) is 4.02. The predicted molar refractivity (Wildman–Crippen MR) is 86.1 cm³/mol. The first-order chi connectivity index (χ1) is 10.6. The molecule has 22 heavy (non-hydrogen) atoms. The van der Waals surface area contributed by atoms with Crippen LogP contribution in [-0.2, 0) is 4.74 Å². The lowest BCUT2D eigenvalue weighted by atomic mass is 10.1. The molecule has 2 rings (SSSR count). The Morgan fingerprint density at radius 1 is 1.41 bits per heavy atom. The SMILES string of the molecule is C[C@H](NC(=O)N(C)C[C@@H]1CCOC1)[C@@H](C)Oc1ccccc1. The number of carbonyl (C=O) groups is 1. The van der Waals surface area contributed by atoms with Crippen LogP contribution in [0.4, 0.5) is 4.79 Å². The van der Waals surface area contributed by atoms with Crippen LogP contribution < -0.4 is 10.1 Å². The Morgan fingerprint density at radius 2 is 2.14 bits per heavy atom. The summed E-state index contributed by atoms with van der Waals surface area (Å²) < 4.78 is 11.2. The number of carbonyl (C=O) groups excluding carboxylic acids is 1. The molecule has 1 aromatic rings. The molecule has 5 heteroatoms. The standard InChI is InChI=1S/C17H26N2O3/c1-13(14(2)22-16-7-5-4-6-8-16)18-17(20)19(3)11-15-9-10-21-12-15/h4-8,13-15H,9-12H2,1-3H3,(H,18,20)/t13-,14+,15-/m0/s1. The first-order valence-electron chi connectivity index (χ1n) is 7.87. The second kappa shape index (κ2) is 8.03. The van der Waals surface area contributed by atoms with E-state index in [0.29, 0.717) is 5.92 Å². The molecule has 3 atom stereocenters. The first-order valence-corrected chi connectivity index (χ1v) is 7.87. The average Bonchev–Trinajstić information content (AvgIpc) is 3.01. The van der Waals surface area contributed by atoms with Crippen LogP contribution in [0.2, 0.25) is 0 Å². The van der Waals surface area contributed by atoms with Crippen molar-refractivity contribution in [2.45, 2.75) is 32.4 Å². The van der Waals surface area contributed by atoms with E-state index in [1.165, 1.54) is 0 Å². The van der Waals surface area contributed by atoms with E-state index in [4.69, 9.17) is 9.47 Å². The number of amides is 2. The van der Waals surface area contributed by atoms with Crippen LogP contribution in [0.25, 0.3) is 0 Å². The largest absolute Gasteiger partial charge is 0.489 e. The fourth-order valence-electron chi connectivity index (χ4n) is 2.44. The summed E-state index contributed by atoms with van der Waals surface area (Å²) in [7, 11) is 1.82. The molecule has 0 radical (unpaired) electrons. The molecule has 1 N–H and O–H groups in total. The fraction of sp³-hybridized carbons (Fsp3) is 0.588. The summed E-state index contributed by atoms with van der Waals surface area (Å²) in [6, 6.07) is 9.50. The van der Waals surface area contributed by atoms with Crippen molar-refractivity contribution in [1.29, 1.82) is 0 Å². The molecule has 1 heterocycles. The van der Waals surface area contributed by atoms with E-state index in [0.717, 1.165) is 31.9 Å². The molecular weight excluding hydrogens is 280 g/mol. The Kier molecular flexibility index (Phi) is 6.07. The van der Waals surface area contributed by atoms with Crippen molar-refractivity contribution in [3.8, 4) is 5.75 Å². The van der Waals surface area contributed by atoms with Crippen LogP contribution in [0.15, 0.2) is 30.3 Å². The molecule has 5 nitrogen and oxygen atoms in total. The van der Waals surface area contributed by atoms with Crippen LogP contribution in [0.5, 0.6) is 5.75 Å². The van der Waals surface area contributed by atoms with Crippen molar-refractivity contribution in [2.24, 2.45) is 5.92 Å². The van der Waals surface area contributed by atoms with Gasteiger partial charge in [-0.3, -0.25) is 0 Å². The van der Waals surface area contributed by atoms with E-state index in [9.17, 15) is 4.79 Å². The normalized spacial score (nSPS) is 20.2. The van der Waals surface area contributed by atoms with Crippen LogP contribution in [-0.4, -0.2) is 49.9 Å². The molecule has 0 spiro atoms. The molecule has 0 unspecified atom stereocenters. The maximum atomic E-state index is 12.2. The van der Waals surface area contributed by atoms with Gasteiger partial charge in [-0.2, -0.15) is 0 Å². The predicted octanol–water partition coefficient (Wildman–Crippen LogP) is 2.52. The summed E-state index contributed by atoms with van der Waals surface area (Å²) >= 11 is 0. The van der Waals surface area contributed by atoms with E-state index >= 15 is 0 Å². The number of rotatable bonds is 6. The van der Waals surface area contributed by atoms with Crippen LogP contribution >= 0.6 is 0 Å². The van der Waals surface area contributed by atoms with Crippen LogP contribution in [0.3, 0.4) is 0 Å². The van der Waals surface area contributed by atoms with Gasteiger partial charge in [0.1, 0.15) is 11.9 Å². The molecule has 0 bridgehead atoms. The maximum absolute atomic E-state index is 12.2. The molecule has 0 aromatic heterocycles. The lowest BCUT2D eigenvalue weighted by molar-refractivity contribution is 0.155. The minimum Gasteiger partial charge on any atom is -0.489 e. The number of urea groups is 1. The van der Waals surface area contributed by atoms with Crippen LogP contribution in [0.1, 0.15) is 20.3 Å². The van der Waals surface area contributed by atoms with Crippen LogP contribution in [0, 0.1) is 5.92 Å². The van der Waals surface area contributed by atoms with E-state index in [1.807, 2.05) is 51.2 Å². The molecule has 1 aliphatic rings. The van der Waals surface area contributed by atoms with Gasteiger partial charge in [0.2, 0.25) is 0 Å². The van der Waals surface area contributed by atoms with Gasteiger partial charge in [-0.05, 0) is 32.4 Å². The molecule has 2 amide bonds. The number of para-hydroxylation sites is 1. The van der Waals surface area contributed by atoms with Crippen molar-refractivity contribution < 1.29 is 14.3 Å². The highest BCUT2D eigenvalue weighted by Crippen LogP contribution is 2.14. The number of hydrogen-bond acceptors (Lipinski definition) is 3. The van der Waals surface area contributed by atoms with Gasteiger partial charge in [-0.25, -0.2) is 4.79 Å². The van der Waals surface area contributed by atoms with Gasteiger partial charge < -0.3 is 19.7 Å². The minimum absolute atomic E-state index is 0.0667. The fourth-order valence-corrected chi connectivity index (χ4v) is 2.44. The number of hydrogen-bond donors (Lipinski definition) is 1. The Bertz CT molecular complexity index is 460. The zero-order chi connectivity index (χ0) is 15.9. The Hall–Kier alpha value is -1.75. The van der Waals surface area contributed by atoms with Gasteiger partial charge >= 0.3 is 6.03 Å². The third kappa shape index (κ3) is 4.91. The monoisotopic (exact) mass is 306 g/mol. The van der Waals surface area contributed by atoms with Crippen molar-refractivity contribution in [2.75, 3.05) is 26.8 Å². The Morgan fingerprint density at radius 3 is 2.77 bits per heavy atom. The number of nitrogens with zero attached hydrogens (tertiary/aromatic N) is 1. The summed E-state index contributed by atoms with van der Waals surface area (Å²) in [4.78, 5) is 13.9. The van der Waals surface area contributed by atoms with Crippen molar-refractivity contribution in [3.05, 3.63) is 30.3 Å². The first kappa shape index (κ1) is 16.6. The third-order valence-electron chi connectivity index (χ3n) is 4.02. The summed E-state index contributed by atoms with van der Waals surface area (Å²) in [6.45, 7) is 6.20. The Labute approximate surface area is 132 Å². The van der Waals surface area contributed by atoms with E-state index in [2.05, 4.69) is 5.32 Å². The highest BCUT2D eigenvalue weighted by atomic mass is 16.5. The van der Waals surface area contributed by atoms with E-state index < -0.39 is 0 Å². The number of nitrogens with one attached hydrogen (secondary N) is 1. The van der Waals surface area contributed by atoms with Gasteiger partial charge in [0.15, 0.2) is 0 Å². The maximum Gasteiger partial charge on any atom is 0.317 e. The van der Waals surface area contributed by atoms with E-state index in [1.54, 1.807) is 4.90 Å². The molecule has 1 fully saturated rings. The van der Waals surface area contributed by atoms with Gasteiger partial charge in [0.05, 0.1) is 12.6 Å². The summed E-state index contributed by atoms with van der Waals surface area (Å²) in [5, 5.41) is 2.99. The van der Waals surface area contributed by atoms with Gasteiger partial charge in [0, 0.05) is 26.1 Å². The van der Waals surface area contributed by atoms with Gasteiger partial charge in [0.25, 0.3) is 0 Å². The van der Waals surface area contributed by atoms with Gasteiger partial charge in [-0.15, -0.1) is 0 Å². The summed E-state index contributed by atoms with van der Waals surface area (Å²) in [5.41, 5.74) is 0. The van der Waals surface area contributed by atoms with Gasteiger partial charge in [-0.1, -0.05) is 18.2 Å². The van der Waals surface area contributed by atoms with E-state index in [-0.39, 0.29) is 18.2 Å². The lowest BCUT2D eigenvalue weighted by Gasteiger charge is -2.26. The topological polar surface area (TPSA) is 50.8 Å². The molecule has 122 valence electrons. The summed E-state index contributed by atoms with van der Waals surface area (Å²) in [5.74, 6) is 1.26. The molecule has 1 saturated heterocycles. The molecular formula is C17H26N2O3. The number of ether oxygens (including phenoxy) is 2. The quantitative estimate of drug-likeness (QED) is 0.878. The summed E-state index contributed by atoms with van der Waals surface area (Å²) in [6.07, 6.45) is 0.926. The second-order valence-corrected chi connectivity index (χ2v) is 5.98. The van der Waals surface area contributed by atoms with Crippen molar-refractivity contribution >= 4 is 6.03 Å². The molecule has 1 aromatic carbocycles.